The summed E-state index contributed by atoms with van der Waals surface area (Å²) in [7, 11) is 0. The molecular weight excluding hydrogens is 324 g/mol. The standard InChI is InChI=1S/C27H42/c1-3-5-6-7-23-14-18-26(19-15-23)27-20-16-25(17-21-27)13-12-24-10-8-22(4-2)9-11-24/h8-11,16,23,26-27H,3-7,12-15,17-21H2,1-2H3/t23-,26-,27?. The molecule has 0 heterocycles. The Balaban J connectivity index is 1.37. The van der Waals surface area contributed by atoms with Crippen LogP contribution in [0.2, 0.25) is 0 Å². The quantitative estimate of drug-likeness (QED) is 0.304. The topological polar surface area (TPSA) is 0 Å². The van der Waals surface area contributed by atoms with Gasteiger partial charge in [-0.2, -0.15) is 0 Å². The van der Waals surface area contributed by atoms with Crippen molar-refractivity contribution in [3.8, 4) is 0 Å². The number of allylic oxidation sites excluding steroid dienone is 2. The van der Waals surface area contributed by atoms with Gasteiger partial charge < -0.3 is 0 Å². The molecule has 0 radical (unpaired) electrons. The summed E-state index contributed by atoms with van der Waals surface area (Å²) in [5.74, 6) is 3.09. The molecule has 1 unspecified atom stereocenters. The molecule has 0 saturated heterocycles. The van der Waals surface area contributed by atoms with E-state index >= 15 is 0 Å². The first-order valence-corrected chi connectivity index (χ1v) is 12.0. The average Bonchev–Trinajstić information content (AvgIpc) is 2.74. The van der Waals surface area contributed by atoms with Crippen molar-refractivity contribution < 1.29 is 0 Å². The number of rotatable bonds is 9. The molecule has 0 aromatic heterocycles. The third kappa shape index (κ3) is 6.51. The lowest BCUT2D eigenvalue weighted by atomic mass is 9.70. The Morgan fingerprint density at radius 1 is 0.778 bits per heavy atom. The summed E-state index contributed by atoms with van der Waals surface area (Å²) in [5, 5.41) is 0. The molecule has 0 heteroatoms. The van der Waals surface area contributed by atoms with Crippen molar-refractivity contribution >= 4 is 0 Å². The van der Waals surface area contributed by atoms with Crippen LogP contribution in [0, 0.1) is 17.8 Å². The molecule has 1 atom stereocenters. The van der Waals surface area contributed by atoms with Gasteiger partial charge in [0.05, 0.1) is 0 Å². The van der Waals surface area contributed by atoms with Crippen molar-refractivity contribution in [2.75, 3.05) is 0 Å². The molecule has 0 aliphatic heterocycles. The molecule has 0 bridgehead atoms. The van der Waals surface area contributed by atoms with E-state index < -0.39 is 0 Å². The lowest BCUT2D eigenvalue weighted by molar-refractivity contribution is 0.185. The normalized spacial score (nSPS) is 26.0. The average molecular weight is 367 g/mol. The van der Waals surface area contributed by atoms with Crippen LogP contribution in [0.5, 0.6) is 0 Å². The first-order valence-electron chi connectivity index (χ1n) is 12.0. The highest BCUT2D eigenvalue weighted by Gasteiger charge is 2.28. The lowest BCUT2D eigenvalue weighted by Crippen LogP contribution is -2.23. The van der Waals surface area contributed by atoms with Gasteiger partial charge in [0, 0.05) is 0 Å². The van der Waals surface area contributed by atoms with Crippen molar-refractivity contribution in [3.63, 3.8) is 0 Å². The highest BCUT2D eigenvalue weighted by molar-refractivity contribution is 5.23. The zero-order valence-electron chi connectivity index (χ0n) is 18.0. The van der Waals surface area contributed by atoms with Gasteiger partial charge in [-0.25, -0.2) is 0 Å². The van der Waals surface area contributed by atoms with Crippen LogP contribution < -0.4 is 0 Å². The first kappa shape index (κ1) is 20.7. The lowest BCUT2D eigenvalue weighted by Gasteiger charge is -2.35. The van der Waals surface area contributed by atoms with Gasteiger partial charge >= 0.3 is 0 Å². The zero-order chi connectivity index (χ0) is 18.9. The second-order valence-corrected chi connectivity index (χ2v) is 9.34. The van der Waals surface area contributed by atoms with E-state index in [2.05, 4.69) is 44.2 Å². The van der Waals surface area contributed by atoms with Crippen LogP contribution in [-0.4, -0.2) is 0 Å². The molecule has 1 aromatic rings. The Morgan fingerprint density at radius 3 is 2.15 bits per heavy atom. The fourth-order valence-electron chi connectivity index (χ4n) is 5.44. The number of unbranched alkanes of at least 4 members (excludes halogenated alkanes) is 2. The molecule has 27 heavy (non-hydrogen) atoms. The predicted molar refractivity (Wildman–Crippen MR) is 119 cm³/mol. The minimum absolute atomic E-state index is 0.995. The molecule has 150 valence electrons. The van der Waals surface area contributed by atoms with Crippen molar-refractivity contribution in [3.05, 3.63) is 47.0 Å². The summed E-state index contributed by atoms with van der Waals surface area (Å²) in [6.07, 6.45) is 22.4. The van der Waals surface area contributed by atoms with Crippen molar-refractivity contribution in [1.82, 2.24) is 0 Å². The summed E-state index contributed by atoms with van der Waals surface area (Å²) >= 11 is 0. The first-order chi connectivity index (χ1) is 13.3. The fourth-order valence-corrected chi connectivity index (χ4v) is 5.44. The van der Waals surface area contributed by atoms with E-state index in [1.165, 1.54) is 94.6 Å². The SMILES string of the molecule is CCCCC[C@H]1CC[C@H](C2CC=C(CCc3ccc(CC)cc3)CC2)CC1. The van der Waals surface area contributed by atoms with Crippen LogP contribution in [0.1, 0.15) is 102 Å². The predicted octanol–water partition coefficient (Wildman–Crippen LogP) is 8.29. The number of hydrogen-bond donors (Lipinski definition) is 0. The summed E-state index contributed by atoms with van der Waals surface area (Å²) in [6, 6.07) is 9.28. The molecule has 2 aliphatic rings. The minimum Gasteiger partial charge on any atom is -0.0850 e. The number of aryl methyl sites for hydroxylation is 2. The third-order valence-electron chi connectivity index (χ3n) is 7.49. The van der Waals surface area contributed by atoms with E-state index in [0.717, 1.165) is 24.2 Å². The van der Waals surface area contributed by atoms with Crippen LogP contribution in [0.3, 0.4) is 0 Å². The van der Waals surface area contributed by atoms with E-state index in [1.54, 1.807) is 5.57 Å². The van der Waals surface area contributed by atoms with Crippen LogP contribution >= 0.6 is 0 Å². The molecule has 2 aliphatic carbocycles. The Labute approximate surface area is 168 Å². The third-order valence-corrected chi connectivity index (χ3v) is 7.49. The fraction of sp³-hybridized carbons (Fsp3) is 0.704. The maximum absolute atomic E-state index is 2.63. The van der Waals surface area contributed by atoms with Gasteiger partial charge in [0.1, 0.15) is 0 Å². The van der Waals surface area contributed by atoms with E-state index in [4.69, 9.17) is 0 Å². The van der Waals surface area contributed by atoms with Gasteiger partial charge in [-0.3, -0.25) is 0 Å². The molecular formula is C27H42. The van der Waals surface area contributed by atoms with Crippen LogP contribution in [0.25, 0.3) is 0 Å². The second kappa shape index (κ2) is 11.1. The number of hydrogen-bond acceptors (Lipinski definition) is 0. The van der Waals surface area contributed by atoms with Gasteiger partial charge in [-0.1, -0.05) is 88.3 Å². The van der Waals surface area contributed by atoms with Gasteiger partial charge in [0.2, 0.25) is 0 Å². The monoisotopic (exact) mass is 366 g/mol. The van der Waals surface area contributed by atoms with Crippen molar-refractivity contribution in [1.29, 1.82) is 0 Å². The van der Waals surface area contributed by atoms with Gasteiger partial charge in [-0.15, -0.1) is 0 Å². The van der Waals surface area contributed by atoms with Crippen LogP contribution in [0.4, 0.5) is 0 Å². The van der Waals surface area contributed by atoms with E-state index in [-0.39, 0.29) is 0 Å². The summed E-state index contributed by atoms with van der Waals surface area (Å²) in [4.78, 5) is 0. The Kier molecular flexibility index (Phi) is 8.49. The maximum Gasteiger partial charge on any atom is -0.0241 e. The van der Waals surface area contributed by atoms with Crippen molar-refractivity contribution in [2.24, 2.45) is 17.8 Å². The molecule has 0 amide bonds. The molecule has 0 spiro atoms. The van der Waals surface area contributed by atoms with Gasteiger partial charge in [0.15, 0.2) is 0 Å². The smallest absolute Gasteiger partial charge is 0.0241 e. The van der Waals surface area contributed by atoms with Gasteiger partial charge in [0.25, 0.3) is 0 Å². The molecule has 3 rings (SSSR count). The van der Waals surface area contributed by atoms with Gasteiger partial charge in [-0.05, 0) is 80.2 Å². The maximum atomic E-state index is 2.63. The van der Waals surface area contributed by atoms with Crippen LogP contribution in [0.15, 0.2) is 35.9 Å². The second-order valence-electron chi connectivity index (χ2n) is 9.34. The molecule has 0 nitrogen and oxygen atoms in total. The highest BCUT2D eigenvalue weighted by Crippen LogP contribution is 2.41. The molecule has 1 saturated carbocycles. The number of benzene rings is 1. The molecule has 1 aromatic carbocycles. The minimum atomic E-state index is 0.995. The van der Waals surface area contributed by atoms with E-state index in [9.17, 15) is 0 Å². The summed E-state index contributed by atoms with van der Waals surface area (Å²) in [5.41, 5.74) is 4.70. The Bertz CT molecular complexity index is 556. The van der Waals surface area contributed by atoms with Crippen molar-refractivity contribution in [2.45, 2.75) is 104 Å². The van der Waals surface area contributed by atoms with Crippen LogP contribution in [-0.2, 0) is 12.8 Å². The van der Waals surface area contributed by atoms with E-state index in [1.807, 2.05) is 0 Å². The summed E-state index contributed by atoms with van der Waals surface area (Å²) in [6.45, 7) is 4.56. The zero-order valence-corrected chi connectivity index (χ0v) is 18.0. The van der Waals surface area contributed by atoms with E-state index in [0.29, 0.717) is 0 Å². The Morgan fingerprint density at radius 2 is 1.52 bits per heavy atom. The largest absolute Gasteiger partial charge is 0.0850 e. The molecule has 0 N–H and O–H groups in total. The summed E-state index contributed by atoms with van der Waals surface area (Å²) < 4.78 is 0. The molecule has 1 fully saturated rings. The highest BCUT2D eigenvalue weighted by atomic mass is 14.3. The Hall–Kier alpha value is -1.04.